The van der Waals surface area contributed by atoms with Gasteiger partial charge in [-0.1, -0.05) is 6.07 Å². The number of fused-ring (bicyclic) bond motifs is 1. The molecule has 26 heavy (non-hydrogen) atoms. The van der Waals surface area contributed by atoms with Gasteiger partial charge in [-0.25, -0.2) is 9.98 Å². The molecule has 130 valence electrons. The fraction of sp³-hybridized carbons (Fsp3) is 0.176. The number of phenolic OH excluding ortho intramolecular Hbond substituents is 1. The van der Waals surface area contributed by atoms with Crippen LogP contribution in [-0.4, -0.2) is 16.1 Å². The lowest BCUT2D eigenvalue weighted by Gasteiger charge is -2.27. The van der Waals surface area contributed by atoms with Gasteiger partial charge >= 0.3 is 0 Å². The number of hydrogen-bond donors (Lipinski definition) is 5. The zero-order chi connectivity index (χ0) is 19.0. The number of guanidine groups is 1. The molecule has 1 atom stereocenters. The van der Waals surface area contributed by atoms with Crippen LogP contribution in [0.1, 0.15) is 33.9 Å². The zero-order valence-corrected chi connectivity index (χ0v) is 14.1. The maximum Gasteiger partial charge on any atom is 0.211 e. The van der Waals surface area contributed by atoms with Crippen LogP contribution in [0.25, 0.3) is 0 Å². The number of aliphatic imine (C=N–C) groups is 1. The minimum absolute atomic E-state index is 0.0296. The molecule has 1 aromatic heterocycles. The van der Waals surface area contributed by atoms with Gasteiger partial charge in [0, 0.05) is 11.1 Å². The van der Waals surface area contributed by atoms with Crippen molar-refractivity contribution in [1.29, 1.82) is 10.5 Å². The van der Waals surface area contributed by atoms with E-state index in [4.69, 9.17) is 16.7 Å². The van der Waals surface area contributed by atoms with E-state index in [0.29, 0.717) is 11.1 Å². The first-order valence-electron chi connectivity index (χ1n) is 7.66. The normalized spacial score (nSPS) is 15.1. The Labute approximate surface area is 149 Å². The molecule has 9 nitrogen and oxygen atoms in total. The number of nitrogens with zero attached hydrogens (tertiary/aromatic N) is 4. The quantitative estimate of drug-likeness (QED) is 0.380. The molecule has 2 heterocycles. The van der Waals surface area contributed by atoms with E-state index in [1.807, 2.05) is 26.0 Å². The molecule has 1 aliphatic rings. The molecule has 0 amide bonds. The summed E-state index contributed by atoms with van der Waals surface area (Å²) >= 11 is 0. The molecule has 0 bridgehead atoms. The van der Waals surface area contributed by atoms with E-state index in [9.17, 15) is 10.4 Å². The van der Waals surface area contributed by atoms with Crippen LogP contribution in [0, 0.1) is 36.6 Å². The maximum absolute atomic E-state index is 10.5. The van der Waals surface area contributed by atoms with Crippen molar-refractivity contribution in [2.24, 2.45) is 4.99 Å². The second-order valence-corrected chi connectivity index (χ2v) is 5.92. The molecule has 0 spiro atoms. The number of nitrogens with two attached hydrogens (primary N) is 2. The van der Waals surface area contributed by atoms with Gasteiger partial charge in [-0.15, -0.1) is 0 Å². The second-order valence-electron chi connectivity index (χ2n) is 5.92. The SMILES string of the molecule is Cc1cc(C)c(C2N=C(NC#N)Nc3nc(N)c(C#N)c(N)c32)c(O)c1. The molecule has 0 saturated heterocycles. The summed E-state index contributed by atoms with van der Waals surface area (Å²) in [6.07, 6.45) is 1.78. The van der Waals surface area contributed by atoms with E-state index in [0.717, 1.165) is 11.1 Å². The van der Waals surface area contributed by atoms with E-state index in [1.54, 1.807) is 12.3 Å². The summed E-state index contributed by atoms with van der Waals surface area (Å²) in [5.74, 6) is 0.421. The van der Waals surface area contributed by atoms with Gasteiger partial charge in [-0.2, -0.15) is 10.5 Å². The maximum atomic E-state index is 10.5. The van der Waals surface area contributed by atoms with Crippen LogP contribution in [0.2, 0.25) is 0 Å². The van der Waals surface area contributed by atoms with Crippen molar-refractivity contribution in [2.75, 3.05) is 16.8 Å². The molecule has 0 radical (unpaired) electrons. The summed E-state index contributed by atoms with van der Waals surface area (Å²) < 4.78 is 0. The van der Waals surface area contributed by atoms with E-state index in [-0.39, 0.29) is 34.6 Å². The fourth-order valence-corrected chi connectivity index (χ4v) is 3.10. The molecule has 0 saturated carbocycles. The zero-order valence-electron chi connectivity index (χ0n) is 14.1. The molecule has 1 aliphatic heterocycles. The summed E-state index contributed by atoms with van der Waals surface area (Å²) in [7, 11) is 0. The van der Waals surface area contributed by atoms with Crippen LogP contribution in [0.15, 0.2) is 17.1 Å². The van der Waals surface area contributed by atoms with Crippen LogP contribution >= 0.6 is 0 Å². The third-order valence-electron chi connectivity index (χ3n) is 4.14. The minimum atomic E-state index is -0.761. The lowest BCUT2D eigenvalue weighted by molar-refractivity contribution is 0.464. The first kappa shape index (κ1) is 16.9. The van der Waals surface area contributed by atoms with Gasteiger partial charge in [0.25, 0.3) is 0 Å². The molecule has 2 aromatic rings. The summed E-state index contributed by atoms with van der Waals surface area (Å²) in [6, 6.07) is 4.69. The Kier molecular flexibility index (Phi) is 3.99. The van der Waals surface area contributed by atoms with Crippen molar-refractivity contribution < 1.29 is 5.11 Å². The van der Waals surface area contributed by atoms with Gasteiger partial charge in [-0.3, -0.25) is 5.32 Å². The van der Waals surface area contributed by atoms with Crippen molar-refractivity contribution in [3.8, 4) is 18.0 Å². The highest BCUT2D eigenvalue weighted by molar-refractivity contribution is 5.98. The Balaban J connectivity index is 2.33. The third kappa shape index (κ3) is 2.58. The number of nitrogens with one attached hydrogen (secondary N) is 2. The number of aryl methyl sites for hydroxylation is 2. The Morgan fingerprint density at radius 3 is 2.58 bits per heavy atom. The monoisotopic (exact) mass is 348 g/mol. The van der Waals surface area contributed by atoms with Crippen LogP contribution in [-0.2, 0) is 0 Å². The van der Waals surface area contributed by atoms with Crippen molar-refractivity contribution >= 4 is 23.3 Å². The average Bonchev–Trinajstić information content (AvgIpc) is 2.54. The number of hydrogen-bond acceptors (Lipinski definition) is 9. The van der Waals surface area contributed by atoms with Crippen LogP contribution in [0.4, 0.5) is 17.3 Å². The van der Waals surface area contributed by atoms with Crippen molar-refractivity contribution in [1.82, 2.24) is 10.3 Å². The highest BCUT2D eigenvalue weighted by Gasteiger charge is 2.32. The Morgan fingerprint density at radius 2 is 1.96 bits per heavy atom. The summed E-state index contributed by atoms with van der Waals surface area (Å²) in [5.41, 5.74) is 14.8. The summed E-state index contributed by atoms with van der Waals surface area (Å²) in [4.78, 5) is 8.62. The van der Waals surface area contributed by atoms with Crippen LogP contribution in [0.5, 0.6) is 5.75 Å². The predicted octanol–water partition coefficient (Wildman–Crippen LogP) is 1.38. The number of aromatic nitrogens is 1. The average molecular weight is 348 g/mol. The molecular formula is C17H16N8O. The van der Waals surface area contributed by atoms with Crippen molar-refractivity contribution in [2.45, 2.75) is 19.9 Å². The molecule has 3 rings (SSSR count). The molecule has 9 heteroatoms. The number of nitriles is 2. The molecule has 7 N–H and O–H groups in total. The largest absolute Gasteiger partial charge is 0.508 e. The van der Waals surface area contributed by atoms with Gasteiger partial charge in [0.15, 0.2) is 6.19 Å². The standard InChI is InChI=1S/C17H16N8O/c1-7-3-8(2)11(10(26)4-7)14-12-13(20)9(5-18)15(21)24-16(12)25-17(23-14)22-6-19/h3-4,14,26H,1-2H3,(H6,20,21,22,23,24,25). The first-order valence-corrected chi connectivity index (χ1v) is 7.66. The van der Waals surface area contributed by atoms with Gasteiger partial charge in [0.2, 0.25) is 5.96 Å². The molecular weight excluding hydrogens is 332 g/mol. The minimum Gasteiger partial charge on any atom is -0.508 e. The van der Waals surface area contributed by atoms with E-state index in [1.165, 1.54) is 0 Å². The molecule has 0 aliphatic carbocycles. The lowest BCUT2D eigenvalue weighted by Crippen LogP contribution is -2.33. The number of nitrogen functional groups attached to an aromatic ring is 2. The van der Waals surface area contributed by atoms with Crippen LogP contribution < -0.4 is 22.1 Å². The Bertz CT molecular complexity index is 1010. The number of aromatic hydroxyl groups is 1. The topological polar surface area (TPSA) is 169 Å². The fourth-order valence-electron chi connectivity index (χ4n) is 3.10. The third-order valence-corrected chi connectivity index (χ3v) is 4.14. The van der Waals surface area contributed by atoms with E-state index in [2.05, 4.69) is 20.6 Å². The second kappa shape index (κ2) is 6.15. The Morgan fingerprint density at radius 1 is 1.23 bits per heavy atom. The van der Waals surface area contributed by atoms with E-state index < -0.39 is 6.04 Å². The Hall–Kier alpha value is -3.98. The smallest absolute Gasteiger partial charge is 0.211 e. The van der Waals surface area contributed by atoms with Gasteiger partial charge < -0.3 is 21.9 Å². The highest BCUT2D eigenvalue weighted by atomic mass is 16.3. The van der Waals surface area contributed by atoms with E-state index >= 15 is 0 Å². The molecule has 0 fully saturated rings. The molecule has 1 aromatic carbocycles. The van der Waals surface area contributed by atoms with Gasteiger partial charge in [0.1, 0.15) is 35.1 Å². The van der Waals surface area contributed by atoms with Gasteiger partial charge in [-0.05, 0) is 31.0 Å². The summed E-state index contributed by atoms with van der Waals surface area (Å²) in [6.45, 7) is 3.70. The number of anilines is 3. The predicted molar refractivity (Wildman–Crippen MR) is 97.0 cm³/mol. The molecule has 1 unspecified atom stereocenters. The lowest BCUT2D eigenvalue weighted by atomic mass is 9.90. The van der Waals surface area contributed by atoms with Crippen molar-refractivity contribution in [3.05, 3.63) is 39.9 Å². The first-order chi connectivity index (χ1) is 12.4. The number of benzene rings is 1. The number of rotatable bonds is 1. The number of pyridine rings is 1. The summed E-state index contributed by atoms with van der Waals surface area (Å²) in [5, 5.41) is 34.0. The van der Waals surface area contributed by atoms with Gasteiger partial charge in [0.05, 0.1) is 5.69 Å². The van der Waals surface area contributed by atoms with Crippen LogP contribution in [0.3, 0.4) is 0 Å². The number of phenols is 1. The van der Waals surface area contributed by atoms with Crippen molar-refractivity contribution in [3.63, 3.8) is 0 Å². The highest BCUT2D eigenvalue weighted by Crippen LogP contribution is 2.44.